The fourth-order valence-corrected chi connectivity index (χ4v) is 2.12. The number of pyridine rings is 1. The van der Waals surface area contributed by atoms with Crippen molar-refractivity contribution in [2.24, 2.45) is 0 Å². The second-order valence-corrected chi connectivity index (χ2v) is 4.70. The average Bonchev–Trinajstić information content (AvgIpc) is 2.80. The van der Waals surface area contributed by atoms with Gasteiger partial charge in [0.15, 0.2) is 11.5 Å². The van der Waals surface area contributed by atoms with Crippen molar-refractivity contribution in [2.45, 2.75) is 0 Å². The van der Waals surface area contributed by atoms with E-state index in [9.17, 15) is 14.3 Å². The second kappa shape index (κ2) is 5.06. The monoisotopic (exact) mass is 305 g/mol. The predicted octanol–water partition coefficient (Wildman–Crippen LogP) is 3.57. The average molecular weight is 306 g/mol. The van der Waals surface area contributed by atoms with Crippen LogP contribution in [0.3, 0.4) is 0 Å². The third-order valence-electron chi connectivity index (χ3n) is 2.91. The summed E-state index contributed by atoms with van der Waals surface area (Å²) < 4.78 is 14.9. The Labute approximate surface area is 123 Å². The third-order valence-corrected chi connectivity index (χ3v) is 3.22. The van der Waals surface area contributed by atoms with E-state index in [-0.39, 0.29) is 16.5 Å². The molecule has 3 rings (SSSR count). The Morgan fingerprint density at radius 2 is 2.14 bits per heavy atom. The molecule has 0 fully saturated rings. The molecule has 2 aromatic heterocycles. The Balaban J connectivity index is 2.09. The van der Waals surface area contributed by atoms with Crippen molar-refractivity contribution in [3.8, 4) is 0 Å². The van der Waals surface area contributed by atoms with Crippen LogP contribution in [-0.4, -0.2) is 20.5 Å². The van der Waals surface area contributed by atoms with Crippen LogP contribution in [0.15, 0.2) is 42.6 Å². The summed E-state index contributed by atoms with van der Waals surface area (Å²) in [6.07, 6.45) is 1.60. The van der Waals surface area contributed by atoms with Gasteiger partial charge in [0.05, 0.1) is 5.02 Å². The van der Waals surface area contributed by atoms with Crippen LogP contribution in [0.1, 0.15) is 10.5 Å². The minimum absolute atomic E-state index is 0.00555. The number of nitrogens with one attached hydrogen (secondary N) is 1. The minimum Gasteiger partial charge on any atom is -0.476 e. The number of carboxylic acid groups (broad SMARTS) is 1. The molecule has 0 aliphatic rings. The highest BCUT2D eigenvalue weighted by atomic mass is 35.5. The van der Waals surface area contributed by atoms with E-state index < -0.39 is 11.8 Å². The van der Waals surface area contributed by atoms with Gasteiger partial charge in [-0.15, -0.1) is 0 Å². The molecule has 0 bridgehead atoms. The molecule has 0 aliphatic carbocycles. The topological polar surface area (TPSA) is 66.6 Å². The van der Waals surface area contributed by atoms with Crippen LogP contribution in [0.2, 0.25) is 5.02 Å². The van der Waals surface area contributed by atoms with Crippen molar-refractivity contribution in [2.75, 3.05) is 5.32 Å². The number of nitrogens with zero attached hydrogens (tertiary/aromatic N) is 2. The van der Waals surface area contributed by atoms with Crippen LogP contribution in [0, 0.1) is 5.82 Å². The Morgan fingerprint density at radius 1 is 1.33 bits per heavy atom. The number of carbonyl (C=O) groups is 1. The van der Waals surface area contributed by atoms with Crippen molar-refractivity contribution >= 4 is 34.7 Å². The third kappa shape index (κ3) is 2.41. The molecule has 7 heteroatoms. The normalized spacial score (nSPS) is 10.8. The lowest BCUT2D eigenvalue weighted by Gasteiger charge is -2.05. The molecule has 0 unspecified atom stereocenters. The first kappa shape index (κ1) is 13.4. The fourth-order valence-electron chi connectivity index (χ4n) is 2.00. The maximum absolute atomic E-state index is 13.4. The number of imidazole rings is 1. The van der Waals surface area contributed by atoms with Crippen LogP contribution in [-0.2, 0) is 0 Å². The van der Waals surface area contributed by atoms with E-state index in [0.29, 0.717) is 11.3 Å². The zero-order chi connectivity index (χ0) is 15.0. The van der Waals surface area contributed by atoms with E-state index in [4.69, 9.17) is 11.6 Å². The first-order chi connectivity index (χ1) is 10.1. The van der Waals surface area contributed by atoms with E-state index in [1.165, 1.54) is 16.5 Å². The summed E-state index contributed by atoms with van der Waals surface area (Å²) in [5, 5.41) is 12.1. The number of anilines is 2. The molecule has 0 saturated heterocycles. The summed E-state index contributed by atoms with van der Waals surface area (Å²) in [5.41, 5.74) is 0.815. The Bertz CT molecular complexity index is 847. The number of aromatic nitrogens is 2. The lowest BCUT2D eigenvalue weighted by atomic mass is 10.3. The number of hydrogen-bond donors (Lipinski definition) is 2. The van der Waals surface area contributed by atoms with Crippen LogP contribution < -0.4 is 5.32 Å². The van der Waals surface area contributed by atoms with E-state index in [2.05, 4.69) is 10.3 Å². The number of fused-ring (bicyclic) bond motifs is 1. The van der Waals surface area contributed by atoms with Crippen LogP contribution in [0.25, 0.3) is 5.65 Å². The van der Waals surface area contributed by atoms with Gasteiger partial charge in [-0.3, -0.25) is 4.40 Å². The van der Waals surface area contributed by atoms with Gasteiger partial charge in [0, 0.05) is 11.9 Å². The Hall–Kier alpha value is -2.60. The number of benzene rings is 1. The highest BCUT2D eigenvalue weighted by Gasteiger charge is 2.18. The molecular weight excluding hydrogens is 297 g/mol. The van der Waals surface area contributed by atoms with Gasteiger partial charge >= 0.3 is 5.97 Å². The van der Waals surface area contributed by atoms with Crippen molar-refractivity contribution < 1.29 is 14.3 Å². The van der Waals surface area contributed by atoms with Gasteiger partial charge in [0.2, 0.25) is 0 Å². The van der Waals surface area contributed by atoms with E-state index >= 15 is 0 Å². The molecule has 0 radical (unpaired) electrons. The quantitative estimate of drug-likeness (QED) is 0.776. The van der Waals surface area contributed by atoms with Gasteiger partial charge in [-0.2, -0.15) is 0 Å². The molecule has 2 N–H and O–H groups in total. The lowest BCUT2D eigenvalue weighted by molar-refractivity contribution is 0.0690. The van der Waals surface area contributed by atoms with Crippen molar-refractivity contribution in [1.29, 1.82) is 0 Å². The van der Waals surface area contributed by atoms with Gasteiger partial charge in [-0.1, -0.05) is 17.7 Å². The summed E-state index contributed by atoms with van der Waals surface area (Å²) >= 11 is 5.61. The molecule has 0 atom stereocenters. The summed E-state index contributed by atoms with van der Waals surface area (Å²) in [5.74, 6) is -1.59. The smallest absolute Gasteiger partial charge is 0.356 e. The highest BCUT2D eigenvalue weighted by molar-refractivity contribution is 6.30. The lowest BCUT2D eigenvalue weighted by Crippen LogP contribution is -2.05. The Morgan fingerprint density at radius 3 is 2.86 bits per heavy atom. The summed E-state index contributed by atoms with van der Waals surface area (Å²) in [7, 11) is 0. The molecule has 0 spiro atoms. The van der Waals surface area contributed by atoms with Gasteiger partial charge in [0.1, 0.15) is 11.5 Å². The van der Waals surface area contributed by atoms with Crippen molar-refractivity contribution in [3.63, 3.8) is 0 Å². The molecule has 0 amide bonds. The standard InChI is InChI=1S/C14H9ClFN3O2/c15-9-5-4-8(7-10(9)16)17-13-12(14(20)21)19-6-2-1-3-11(19)18-13/h1-7,17H,(H,20,21). The van der Waals surface area contributed by atoms with Gasteiger partial charge in [-0.25, -0.2) is 14.2 Å². The van der Waals surface area contributed by atoms with Crippen molar-refractivity contribution in [3.05, 3.63) is 59.1 Å². The maximum Gasteiger partial charge on any atom is 0.356 e. The fraction of sp³-hybridized carbons (Fsp3) is 0. The Kier molecular flexibility index (Phi) is 3.23. The molecule has 21 heavy (non-hydrogen) atoms. The number of halogens is 2. The summed E-state index contributed by atoms with van der Waals surface area (Å²) in [4.78, 5) is 15.6. The van der Waals surface area contributed by atoms with Crippen LogP contribution >= 0.6 is 11.6 Å². The first-order valence-corrected chi connectivity index (χ1v) is 6.36. The van der Waals surface area contributed by atoms with Gasteiger partial charge < -0.3 is 10.4 Å². The van der Waals surface area contributed by atoms with Crippen molar-refractivity contribution in [1.82, 2.24) is 9.38 Å². The molecular formula is C14H9ClFN3O2. The largest absolute Gasteiger partial charge is 0.476 e. The van der Waals surface area contributed by atoms with Gasteiger partial charge in [0.25, 0.3) is 0 Å². The SMILES string of the molecule is O=C(O)c1c(Nc2ccc(Cl)c(F)c2)nc2ccccn12. The van der Waals surface area contributed by atoms with Crippen LogP contribution in [0.4, 0.5) is 15.9 Å². The zero-order valence-corrected chi connectivity index (χ0v) is 11.3. The molecule has 2 heterocycles. The molecule has 5 nitrogen and oxygen atoms in total. The molecule has 0 saturated carbocycles. The van der Waals surface area contributed by atoms with Crippen LogP contribution in [0.5, 0.6) is 0 Å². The zero-order valence-electron chi connectivity index (χ0n) is 10.5. The second-order valence-electron chi connectivity index (χ2n) is 4.30. The van der Waals surface area contributed by atoms with E-state index in [1.54, 1.807) is 30.5 Å². The number of carboxylic acids is 1. The summed E-state index contributed by atoms with van der Waals surface area (Å²) in [6, 6.07) is 9.24. The number of aromatic carboxylic acids is 1. The molecule has 0 aliphatic heterocycles. The first-order valence-electron chi connectivity index (χ1n) is 5.99. The molecule has 3 aromatic rings. The van der Waals surface area contributed by atoms with E-state index in [0.717, 1.165) is 0 Å². The van der Waals surface area contributed by atoms with Gasteiger partial charge in [-0.05, 0) is 30.3 Å². The maximum atomic E-state index is 13.4. The predicted molar refractivity (Wildman–Crippen MR) is 76.8 cm³/mol. The number of hydrogen-bond acceptors (Lipinski definition) is 3. The number of rotatable bonds is 3. The summed E-state index contributed by atoms with van der Waals surface area (Å²) in [6.45, 7) is 0. The minimum atomic E-state index is -1.13. The highest BCUT2D eigenvalue weighted by Crippen LogP contribution is 2.24. The van der Waals surface area contributed by atoms with E-state index in [1.807, 2.05) is 0 Å². The molecule has 106 valence electrons. The molecule has 1 aromatic carbocycles.